The highest BCUT2D eigenvalue weighted by Gasteiger charge is 2.33. The first-order valence-electron chi connectivity index (χ1n) is 8.77. The summed E-state index contributed by atoms with van der Waals surface area (Å²) < 4.78 is 33.8. The van der Waals surface area contributed by atoms with Crippen LogP contribution in [0.4, 0.5) is 5.69 Å². The summed E-state index contributed by atoms with van der Waals surface area (Å²) in [6.45, 7) is 2.34. The fraction of sp³-hybridized carbons (Fsp3) is 0.444. The zero-order valence-electron chi connectivity index (χ0n) is 15.7. The molecule has 8 nitrogen and oxygen atoms in total. The molecule has 1 aromatic carbocycles. The van der Waals surface area contributed by atoms with Crippen molar-refractivity contribution in [3.63, 3.8) is 0 Å². The summed E-state index contributed by atoms with van der Waals surface area (Å²) in [7, 11) is -0.324. The Morgan fingerprint density at radius 1 is 1.26 bits per heavy atom. The van der Waals surface area contributed by atoms with Crippen LogP contribution < -0.4 is 10.1 Å². The molecule has 2 heterocycles. The lowest BCUT2D eigenvalue weighted by molar-refractivity contribution is -0.120. The Bertz CT molecular complexity index is 911. The van der Waals surface area contributed by atoms with E-state index in [-0.39, 0.29) is 16.9 Å². The Kier molecular flexibility index (Phi) is 5.52. The number of benzene rings is 1. The number of imidazole rings is 1. The first kappa shape index (κ1) is 19.4. The van der Waals surface area contributed by atoms with Crippen LogP contribution >= 0.6 is 0 Å². The first-order chi connectivity index (χ1) is 12.8. The minimum atomic E-state index is -3.63. The van der Waals surface area contributed by atoms with Crippen LogP contribution in [0.5, 0.6) is 5.75 Å². The molecule has 0 radical (unpaired) electrons. The molecule has 1 fully saturated rings. The van der Waals surface area contributed by atoms with E-state index in [1.54, 1.807) is 37.8 Å². The van der Waals surface area contributed by atoms with Gasteiger partial charge in [-0.25, -0.2) is 13.4 Å². The third kappa shape index (κ3) is 3.98. The van der Waals surface area contributed by atoms with E-state index in [9.17, 15) is 13.2 Å². The zero-order valence-corrected chi connectivity index (χ0v) is 16.5. The molecule has 2 aromatic rings. The minimum Gasteiger partial charge on any atom is -0.495 e. The van der Waals surface area contributed by atoms with Gasteiger partial charge in [0.2, 0.25) is 5.91 Å². The summed E-state index contributed by atoms with van der Waals surface area (Å²) in [5, 5.41) is 2.93. The average molecular weight is 392 g/mol. The molecule has 0 aliphatic carbocycles. The molecule has 146 valence electrons. The number of aromatic nitrogens is 2. The number of carbonyl (C=O) groups excluding carboxylic acids is 1. The summed E-state index contributed by atoms with van der Waals surface area (Å²) in [6.07, 6.45) is 2.45. The molecule has 0 spiro atoms. The van der Waals surface area contributed by atoms with Crippen molar-refractivity contribution in [2.45, 2.75) is 24.8 Å². The van der Waals surface area contributed by atoms with E-state index in [4.69, 9.17) is 4.74 Å². The fourth-order valence-corrected chi connectivity index (χ4v) is 4.62. The summed E-state index contributed by atoms with van der Waals surface area (Å²) in [4.78, 5) is 16.7. The van der Waals surface area contributed by atoms with Crippen LogP contribution in [0.2, 0.25) is 0 Å². The highest BCUT2D eigenvalue weighted by molar-refractivity contribution is 7.89. The van der Waals surface area contributed by atoms with E-state index in [0.29, 0.717) is 43.2 Å². The maximum absolute atomic E-state index is 12.7. The summed E-state index contributed by atoms with van der Waals surface area (Å²) >= 11 is 0. The van der Waals surface area contributed by atoms with E-state index in [0.717, 1.165) is 0 Å². The van der Waals surface area contributed by atoms with Gasteiger partial charge in [-0.1, -0.05) is 12.1 Å². The van der Waals surface area contributed by atoms with Crippen LogP contribution in [0, 0.1) is 12.8 Å². The third-order valence-corrected chi connectivity index (χ3v) is 6.65. The van der Waals surface area contributed by atoms with Gasteiger partial charge in [-0.05, 0) is 31.9 Å². The summed E-state index contributed by atoms with van der Waals surface area (Å²) in [6, 6.07) is 7.21. The van der Waals surface area contributed by atoms with Crippen molar-refractivity contribution in [2.75, 3.05) is 25.5 Å². The third-order valence-electron chi connectivity index (χ3n) is 4.88. The molecule has 1 N–H and O–H groups in total. The molecule has 0 unspecified atom stereocenters. The van der Waals surface area contributed by atoms with E-state index in [1.165, 1.54) is 10.5 Å². The number of rotatable bonds is 5. The number of hydrogen-bond acceptors (Lipinski definition) is 5. The van der Waals surface area contributed by atoms with E-state index in [1.807, 2.05) is 12.1 Å². The molecular formula is C18H24N4O4S. The topological polar surface area (TPSA) is 93.5 Å². The SMILES string of the molecule is COc1ccccc1NC(=O)C1CCN(S(=O)(=O)c2cn(C)c(C)n2)CC1. The second-order valence-electron chi connectivity index (χ2n) is 6.61. The number of anilines is 1. The summed E-state index contributed by atoms with van der Waals surface area (Å²) in [5.74, 6) is 0.869. The molecule has 27 heavy (non-hydrogen) atoms. The number of nitrogens with zero attached hydrogens (tertiary/aromatic N) is 3. The molecular weight excluding hydrogens is 368 g/mol. The van der Waals surface area contributed by atoms with Crippen molar-refractivity contribution in [3.8, 4) is 5.75 Å². The van der Waals surface area contributed by atoms with Gasteiger partial charge in [0, 0.05) is 32.3 Å². The van der Waals surface area contributed by atoms with Crippen LogP contribution in [0.3, 0.4) is 0 Å². The molecule has 1 aliphatic rings. The maximum Gasteiger partial charge on any atom is 0.262 e. The number of sulfonamides is 1. The molecule has 0 bridgehead atoms. The van der Waals surface area contributed by atoms with Crippen LogP contribution in [-0.2, 0) is 21.9 Å². The van der Waals surface area contributed by atoms with Crippen LogP contribution in [0.15, 0.2) is 35.5 Å². The van der Waals surface area contributed by atoms with Crippen molar-refractivity contribution >= 4 is 21.6 Å². The standard InChI is InChI=1S/C18H24N4O4S/c1-13-19-17(12-21(13)2)27(24,25)22-10-8-14(9-11-22)18(23)20-15-6-4-5-7-16(15)26-3/h4-7,12,14H,8-11H2,1-3H3,(H,20,23). The molecule has 1 aromatic heterocycles. The maximum atomic E-state index is 12.7. The number of para-hydroxylation sites is 2. The Labute approximate surface area is 159 Å². The normalized spacial score (nSPS) is 16.3. The Balaban J connectivity index is 1.63. The monoisotopic (exact) mass is 392 g/mol. The van der Waals surface area contributed by atoms with Gasteiger partial charge in [-0.3, -0.25) is 4.79 Å². The van der Waals surface area contributed by atoms with Gasteiger partial charge >= 0.3 is 0 Å². The smallest absolute Gasteiger partial charge is 0.262 e. The number of ether oxygens (including phenoxy) is 1. The van der Waals surface area contributed by atoms with E-state index in [2.05, 4.69) is 10.3 Å². The van der Waals surface area contributed by atoms with Gasteiger partial charge < -0.3 is 14.6 Å². The van der Waals surface area contributed by atoms with Gasteiger partial charge in [0.05, 0.1) is 12.8 Å². The minimum absolute atomic E-state index is 0.0550. The number of piperidine rings is 1. The van der Waals surface area contributed by atoms with Crippen molar-refractivity contribution in [2.24, 2.45) is 13.0 Å². The van der Waals surface area contributed by atoms with E-state index >= 15 is 0 Å². The second-order valence-corrected chi connectivity index (χ2v) is 8.49. The molecule has 1 saturated heterocycles. The number of amides is 1. The average Bonchev–Trinajstić information content (AvgIpc) is 3.02. The lowest BCUT2D eigenvalue weighted by Gasteiger charge is -2.30. The molecule has 3 rings (SSSR count). The molecule has 9 heteroatoms. The Morgan fingerprint density at radius 2 is 1.93 bits per heavy atom. The van der Waals surface area contributed by atoms with Gasteiger partial charge in [0.15, 0.2) is 5.03 Å². The lowest BCUT2D eigenvalue weighted by Crippen LogP contribution is -2.41. The number of aryl methyl sites for hydroxylation is 2. The van der Waals surface area contributed by atoms with Crippen LogP contribution in [-0.4, -0.2) is 48.4 Å². The largest absolute Gasteiger partial charge is 0.495 e. The predicted octanol–water partition coefficient (Wildman–Crippen LogP) is 1.78. The second kappa shape index (κ2) is 7.69. The highest BCUT2D eigenvalue weighted by Crippen LogP contribution is 2.27. The van der Waals surface area contributed by atoms with Gasteiger partial charge in [-0.2, -0.15) is 4.31 Å². The number of methoxy groups -OCH3 is 1. The number of carbonyl (C=O) groups is 1. The van der Waals surface area contributed by atoms with Gasteiger partial charge in [0.1, 0.15) is 11.6 Å². The zero-order chi connectivity index (χ0) is 19.6. The van der Waals surface area contributed by atoms with Gasteiger partial charge in [0.25, 0.3) is 10.0 Å². The summed E-state index contributed by atoms with van der Waals surface area (Å²) in [5.41, 5.74) is 0.615. The Hall–Kier alpha value is -2.39. The molecule has 1 aliphatic heterocycles. The van der Waals surface area contributed by atoms with Crippen LogP contribution in [0.1, 0.15) is 18.7 Å². The van der Waals surface area contributed by atoms with Crippen molar-refractivity contribution < 1.29 is 17.9 Å². The lowest BCUT2D eigenvalue weighted by atomic mass is 9.97. The van der Waals surface area contributed by atoms with Crippen molar-refractivity contribution in [1.82, 2.24) is 13.9 Å². The molecule has 0 saturated carbocycles. The van der Waals surface area contributed by atoms with Gasteiger partial charge in [-0.15, -0.1) is 0 Å². The highest BCUT2D eigenvalue weighted by atomic mass is 32.2. The quantitative estimate of drug-likeness (QED) is 0.837. The first-order valence-corrected chi connectivity index (χ1v) is 10.2. The van der Waals surface area contributed by atoms with E-state index < -0.39 is 10.0 Å². The predicted molar refractivity (Wildman–Crippen MR) is 101 cm³/mol. The Morgan fingerprint density at radius 3 is 2.52 bits per heavy atom. The fourth-order valence-electron chi connectivity index (χ4n) is 3.12. The molecule has 0 atom stereocenters. The van der Waals surface area contributed by atoms with Crippen molar-refractivity contribution in [1.29, 1.82) is 0 Å². The molecule has 1 amide bonds. The number of hydrogen-bond donors (Lipinski definition) is 1. The number of nitrogens with one attached hydrogen (secondary N) is 1. The van der Waals surface area contributed by atoms with Crippen molar-refractivity contribution in [3.05, 3.63) is 36.3 Å². The van der Waals surface area contributed by atoms with Crippen LogP contribution in [0.25, 0.3) is 0 Å².